The van der Waals surface area contributed by atoms with Gasteiger partial charge in [0.2, 0.25) is 5.88 Å². The van der Waals surface area contributed by atoms with Gasteiger partial charge in [-0.2, -0.15) is 0 Å². The van der Waals surface area contributed by atoms with Gasteiger partial charge in [-0.25, -0.2) is 4.39 Å². The van der Waals surface area contributed by atoms with Crippen molar-refractivity contribution in [3.05, 3.63) is 59.2 Å². The van der Waals surface area contributed by atoms with Crippen molar-refractivity contribution in [3.63, 3.8) is 0 Å². The summed E-state index contributed by atoms with van der Waals surface area (Å²) in [5, 5.41) is 14.9. The summed E-state index contributed by atoms with van der Waals surface area (Å²) in [7, 11) is 0. The van der Waals surface area contributed by atoms with Gasteiger partial charge in [0.25, 0.3) is 5.91 Å². The van der Waals surface area contributed by atoms with Gasteiger partial charge in [0.1, 0.15) is 23.9 Å². The van der Waals surface area contributed by atoms with Crippen LogP contribution < -0.4 is 10.1 Å². The third kappa shape index (κ3) is 4.62. The van der Waals surface area contributed by atoms with Gasteiger partial charge in [0, 0.05) is 30.9 Å². The molecule has 3 heterocycles. The van der Waals surface area contributed by atoms with Crippen LogP contribution in [-0.4, -0.2) is 40.5 Å². The van der Waals surface area contributed by atoms with Gasteiger partial charge in [-0.15, -0.1) is 10.2 Å². The largest absolute Gasteiger partial charge is 0.472 e. The first-order valence-corrected chi connectivity index (χ1v) is 9.66. The quantitative estimate of drug-likeness (QED) is 0.664. The number of hydrogen-bond acceptors (Lipinski definition) is 7. The van der Waals surface area contributed by atoms with Crippen LogP contribution in [-0.2, 0) is 11.3 Å². The zero-order chi connectivity index (χ0) is 20.9. The SMILES string of the molecule is Cc1onc(-c2ccc(F)cc2)c1COc1ccc(C(=O)NC2CCOCC2)nn1. The molecule has 4 rings (SSSR count). The molecule has 1 amide bonds. The number of carbonyl (C=O) groups excluding carboxylic acids is 1. The van der Waals surface area contributed by atoms with Crippen LogP contribution in [0.15, 0.2) is 40.9 Å². The summed E-state index contributed by atoms with van der Waals surface area (Å²) in [6.45, 7) is 3.20. The minimum absolute atomic E-state index is 0.0884. The molecule has 8 nitrogen and oxygen atoms in total. The Morgan fingerprint density at radius 3 is 2.63 bits per heavy atom. The molecule has 0 spiro atoms. The molecule has 1 saturated heterocycles. The minimum Gasteiger partial charge on any atom is -0.472 e. The second kappa shape index (κ2) is 9.00. The first-order valence-electron chi connectivity index (χ1n) is 9.66. The average Bonchev–Trinajstić information content (AvgIpc) is 3.14. The van der Waals surface area contributed by atoms with E-state index in [9.17, 15) is 9.18 Å². The number of nitrogens with one attached hydrogen (secondary N) is 1. The maximum Gasteiger partial charge on any atom is 0.272 e. The third-order valence-electron chi connectivity index (χ3n) is 4.90. The molecule has 0 saturated carbocycles. The van der Waals surface area contributed by atoms with E-state index in [-0.39, 0.29) is 35.9 Å². The van der Waals surface area contributed by atoms with E-state index in [1.54, 1.807) is 31.2 Å². The Bertz CT molecular complexity index is 999. The Morgan fingerprint density at radius 2 is 1.93 bits per heavy atom. The highest BCUT2D eigenvalue weighted by Crippen LogP contribution is 2.26. The van der Waals surface area contributed by atoms with E-state index in [1.807, 2.05) is 0 Å². The van der Waals surface area contributed by atoms with Crippen LogP contribution in [0.3, 0.4) is 0 Å². The van der Waals surface area contributed by atoms with Crippen molar-refractivity contribution in [1.82, 2.24) is 20.7 Å². The molecule has 30 heavy (non-hydrogen) atoms. The third-order valence-corrected chi connectivity index (χ3v) is 4.90. The van der Waals surface area contributed by atoms with E-state index in [4.69, 9.17) is 14.0 Å². The smallest absolute Gasteiger partial charge is 0.272 e. The van der Waals surface area contributed by atoms with Crippen molar-refractivity contribution in [2.75, 3.05) is 13.2 Å². The minimum atomic E-state index is -0.326. The van der Waals surface area contributed by atoms with Crippen LogP contribution in [0.2, 0.25) is 0 Å². The molecule has 9 heteroatoms. The highest BCUT2D eigenvalue weighted by atomic mass is 19.1. The number of aromatic nitrogens is 3. The number of nitrogens with zero attached hydrogens (tertiary/aromatic N) is 3. The number of ether oxygens (including phenoxy) is 2. The number of rotatable bonds is 6. The summed E-state index contributed by atoms with van der Waals surface area (Å²) in [5.74, 6) is 0.264. The number of aryl methyl sites for hydroxylation is 1. The van der Waals surface area contributed by atoms with Gasteiger partial charge >= 0.3 is 0 Å². The normalized spacial score (nSPS) is 14.5. The zero-order valence-electron chi connectivity index (χ0n) is 16.4. The van der Waals surface area contributed by atoms with Crippen molar-refractivity contribution >= 4 is 5.91 Å². The van der Waals surface area contributed by atoms with E-state index in [2.05, 4.69) is 20.7 Å². The Balaban J connectivity index is 1.39. The molecule has 3 aromatic rings. The van der Waals surface area contributed by atoms with Crippen LogP contribution in [0, 0.1) is 12.7 Å². The summed E-state index contributed by atoms with van der Waals surface area (Å²) >= 11 is 0. The fraction of sp³-hybridized carbons (Fsp3) is 0.333. The molecular formula is C21H21FN4O4. The van der Waals surface area contributed by atoms with Gasteiger partial charge in [0.05, 0.1) is 5.56 Å². The summed E-state index contributed by atoms with van der Waals surface area (Å²) in [5.41, 5.74) is 2.25. The molecule has 1 fully saturated rings. The van der Waals surface area contributed by atoms with Crippen molar-refractivity contribution < 1.29 is 23.2 Å². The molecule has 1 aliphatic heterocycles. The molecule has 1 aliphatic rings. The Morgan fingerprint density at radius 1 is 1.17 bits per heavy atom. The molecule has 156 valence electrons. The Labute approximate surface area is 172 Å². The van der Waals surface area contributed by atoms with Gasteiger partial charge in [-0.05, 0) is 50.1 Å². The lowest BCUT2D eigenvalue weighted by Crippen LogP contribution is -2.39. The first kappa shape index (κ1) is 20.0. The molecule has 0 unspecified atom stereocenters. The van der Waals surface area contributed by atoms with Crippen LogP contribution in [0.1, 0.15) is 34.7 Å². The van der Waals surface area contributed by atoms with Crippen LogP contribution >= 0.6 is 0 Å². The lowest BCUT2D eigenvalue weighted by atomic mass is 10.1. The maximum atomic E-state index is 13.2. The van der Waals surface area contributed by atoms with Gasteiger partial charge < -0.3 is 19.3 Å². The van der Waals surface area contributed by atoms with Gasteiger partial charge in [-0.3, -0.25) is 4.79 Å². The van der Waals surface area contributed by atoms with E-state index < -0.39 is 0 Å². The van der Waals surface area contributed by atoms with Crippen LogP contribution in [0.5, 0.6) is 5.88 Å². The van der Waals surface area contributed by atoms with Crippen molar-refractivity contribution in [2.24, 2.45) is 0 Å². The molecule has 0 bridgehead atoms. The topological polar surface area (TPSA) is 99.4 Å². The predicted octanol–water partition coefficient (Wildman–Crippen LogP) is 3.07. The average molecular weight is 412 g/mol. The molecule has 2 aromatic heterocycles. The highest BCUT2D eigenvalue weighted by molar-refractivity contribution is 5.92. The maximum absolute atomic E-state index is 13.2. The number of benzene rings is 1. The summed E-state index contributed by atoms with van der Waals surface area (Å²) < 4.78 is 29.4. The molecule has 1 N–H and O–H groups in total. The van der Waals surface area contributed by atoms with Crippen molar-refractivity contribution in [3.8, 4) is 17.1 Å². The predicted molar refractivity (Wildman–Crippen MR) is 104 cm³/mol. The monoisotopic (exact) mass is 412 g/mol. The number of halogens is 1. The summed E-state index contributed by atoms with van der Waals surface area (Å²) in [6, 6.07) is 9.22. The number of hydrogen-bond donors (Lipinski definition) is 1. The van der Waals surface area contributed by atoms with E-state index in [0.29, 0.717) is 24.7 Å². The standard InChI is InChI=1S/C21H21FN4O4/c1-13-17(20(26-30-13)14-2-4-15(22)5-3-14)12-29-19-7-6-18(24-25-19)21(27)23-16-8-10-28-11-9-16/h2-7,16H,8-12H2,1H3,(H,23,27). The number of amides is 1. The second-order valence-electron chi connectivity index (χ2n) is 6.98. The number of carbonyl (C=O) groups is 1. The van der Waals surface area contributed by atoms with Crippen LogP contribution in [0.25, 0.3) is 11.3 Å². The summed E-state index contributed by atoms with van der Waals surface area (Å²) in [4.78, 5) is 12.3. The van der Waals surface area contributed by atoms with Crippen molar-refractivity contribution in [1.29, 1.82) is 0 Å². The zero-order valence-corrected chi connectivity index (χ0v) is 16.4. The van der Waals surface area contributed by atoms with Gasteiger partial charge in [0.15, 0.2) is 5.69 Å². The van der Waals surface area contributed by atoms with Crippen LogP contribution in [0.4, 0.5) is 4.39 Å². The Hall–Kier alpha value is -3.33. The molecule has 0 radical (unpaired) electrons. The van der Waals surface area contributed by atoms with Crippen molar-refractivity contribution in [2.45, 2.75) is 32.4 Å². The van der Waals surface area contributed by atoms with E-state index in [1.165, 1.54) is 12.1 Å². The Kier molecular flexibility index (Phi) is 5.99. The fourth-order valence-corrected chi connectivity index (χ4v) is 3.16. The van der Waals surface area contributed by atoms with E-state index >= 15 is 0 Å². The molecular weight excluding hydrogens is 391 g/mol. The lowest BCUT2D eigenvalue weighted by Gasteiger charge is -2.22. The highest BCUT2D eigenvalue weighted by Gasteiger charge is 2.19. The van der Waals surface area contributed by atoms with E-state index in [0.717, 1.165) is 24.0 Å². The van der Waals surface area contributed by atoms with Gasteiger partial charge in [-0.1, -0.05) is 5.16 Å². The first-order chi connectivity index (χ1) is 14.6. The molecule has 0 aliphatic carbocycles. The summed E-state index contributed by atoms with van der Waals surface area (Å²) in [6.07, 6.45) is 1.57. The lowest BCUT2D eigenvalue weighted by molar-refractivity contribution is 0.0693. The fourth-order valence-electron chi connectivity index (χ4n) is 3.16. The molecule has 0 atom stereocenters. The second-order valence-corrected chi connectivity index (χ2v) is 6.98. The molecule has 1 aromatic carbocycles.